The van der Waals surface area contributed by atoms with Crippen molar-refractivity contribution in [2.24, 2.45) is 17.8 Å². The average molecular weight is 477 g/mol. The smallest absolute Gasteiger partial charge is 0.316 e. The first-order valence-electron chi connectivity index (χ1n) is 12.0. The van der Waals surface area contributed by atoms with Crippen LogP contribution < -0.4 is 19.3 Å². The maximum Gasteiger partial charge on any atom is 0.316 e. The average Bonchev–Trinajstić information content (AvgIpc) is 3.37. The molecule has 2 aliphatic heterocycles. The summed E-state index contributed by atoms with van der Waals surface area (Å²) in [6.45, 7) is 1.99. The Morgan fingerprint density at radius 2 is 1.63 bits per heavy atom. The van der Waals surface area contributed by atoms with E-state index in [9.17, 15) is 19.2 Å². The number of methoxy groups -OCH3 is 1. The van der Waals surface area contributed by atoms with E-state index < -0.39 is 11.9 Å². The van der Waals surface area contributed by atoms with Crippen molar-refractivity contribution < 1.29 is 28.7 Å². The lowest BCUT2D eigenvalue weighted by Crippen LogP contribution is -2.31. The van der Waals surface area contributed by atoms with Crippen LogP contribution >= 0.6 is 0 Å². The Morgan fingerprint density at radius 1 is 0.943 bits per heavy atom. The second-order valence-corrected chi connectivity index (χ2v) is 9.46. The van der Waals surface area contributed by atoms with Gasteiger partial charge >= 0.3 is 5.97 Å². The van der Waals surface area contributed by atoms with Crippen molar-refractivity contribution >= 4 is 35.1 Å². The molecule has 2 heterocycles. The zero-order valence-electron chi connectivity index (χ0n) is 19.9. The van der Waals surface area contributed by atoms with Crippen LogP contribution in [-0.4, -0.2) is 37.3 Å². The Labute approximate surface area is 203 Å². The number of nitrogens with zero attached hydrogens (tertiary/aromatic N) is 2. The van der Waals surface area contributed by atoms with E-state index in [2.05, 4.69) is 0 Å². The molecule has 2 aromatic carbocycles. The largest absolute Gasteiger partial charge is 0.495 e. The topological polar surface area (TPSA) is 93.2 Å². The molecule has 1 aliphatic carbocycles. The van der Waals surface area contributed by atoms with Gasteiger partial charge in [-0.05, 0) is 55.7 Å². The molecule has 3 amide bonds. The number of hydrogen-bond acceptors (Lipinski definition) is 6. The summed E-state index contributed by atoms with van der Waals surface area (Å²) in [6.07, 6.45) is 3.51. The van der Waals surface area contributed by atoms with Crippen molar-refractivity contribution in [1.29, 1.82) is 0 Å². The van der Waals surface area contributed by atoms with Gasteiger partial charge in [0, 0.05) is 13.0 Å². The van der Waals surface area contributed by atoms with Gasteiger partial charge in [0.2, 0.25) is 17.7 Å². The van der Waals surface area contributed by atoms with Gasteiger partial charge in [0.25, 0.3) is 0 Å². The zero-order chi connectivity index (χ0) is 24.7. The first kappa shape index (κ1) is 23.1. The Kier molecular flexibility index (Phi) is 6.05. The second kappa shape index (κ2) is 9.17. The molecule has 3 atom stereocenters. The number of carbonyl (C=O) groups is 4. The molecule has 5 rings (SSSR count). The summed E-state index contributed by atoms with van der Waals surface area (Å²) in [7, 11) is 1.54. The minimum absolute atomic E-state index is 0.0491. The molecular weight excluding hydrogens is 448 g/mol. The third-order valence-electron chi connectivity index (χ3n) is 7.30. The number of fused-ring (bicyclic) bond motifs is 1. The minimum atomic E-state index is -0.614. The van der Waals surface area contributed by atoms with E-state index in [1.54, 1.807) is 42.2 Å². The van der Waals surface area contributed by atoms with Gasteiger partial charge in [-0.15, -0.1) is 0 Å². The van der Waals surface area contributed by atoms with Crippen molar-refractivity contribution in [3.63, 3.8) is 0 Å². The molecule has 8 heteroatoms. The maximum absolute atomic E-state index is 12.9. The van der Waals surface area contributed by atoms with Gasteiger partial charge in [-0.3, -0.25) is 19.2 Å². The molecule has 2 aromatic rings. The highest BCUT2D eigenvalue weighted by Gasteiger charge is 2.49. The quantitative estimate of drug-likeness (QED) is 0.372. The van der Waals surface area contributed by atoms with Gasteiger partial charge in [0.05, 0.1) is 36.2 Å². The lowest BCUT2D eigenvalue weighted by Gasteiger charge is -2.19. The number of carbonyl (C=O) groups excluding carboxylic acids is 4. The number of para-hydroxylation sites is 2. The van der Waals surface area contributed by atoms with E-state index >= 15 is 0 Å². The minimum Gasteiger partial charge on any atom is -0.495 e. The molecule has 8 nitrogen and oxygen atoms in total. The molecule has 182 valence electrons. The molecule has 0 bridgehead atoms. The van der Waals surface area contributed by atoms with Gasteiger partial charge < -0.3 is 14.4 Å². The molecule has 0 spiro atoms. The fourth-order valence-electron chi connectivity index (χ4n) is 5.49. The van der Waals surface area contributed by atoms with Crippen LogP contribution in [0.2, 0.25) is 0 Å². The third-order valence-corrected chi connectivity index (χ3v) is 7.30. The normalized spacial score (nSPS) is 24.1. The van der Waals surface area contributed by atoms with Crippen molar-refractivity contribution in [3.05, 3.63) is 48.0 Å². The molecule has 0 N–H and O–H groups in total. The highest BCUT2D eigenvalue weighted by Crippen LogP contribution is 2.41. The van der Waals surface area contributed by atoms with Crippen LogP contribution in [0.15, 0.2) is 42.5 Å². The Balaban J connectivity index is 1.29. The van der Waals surface area contributed by atoms with E-state index in [1.807, 2.05) is 12.1 Å². The van der Waals surface area contributed by atoms with Gasteiger partial charge in [0.15, 0.2) is 0 Å². The fourth-order valence-corrected chi connectivity index (χ4v) is 5.49. The summed E-state index contributed by atoms with van der Waals surface area (Å²) < 4.78 is 10.9. The van der Waals surface area contributed by atoms with Gasteiger partial charge in [-0.2, -0.15) is 0 Å². The van der Waals surface area contributed by atoms with Crippen LogP contribution in [-0.2, 0) is 19.2 Å². The predicted octanol–water partition coefficient (Wildman–Crippen LogP) is 3.64. The molecule has 3 aliphatic rings. The predicted molar refractivity (Wildman–Crippen MR) is 128 cm³/mol. The summed E-state index contributed by atoms with van der Waals surface area (Å²) in [5.74, 6) is -1.11. The molecule has 0 unspecified atom stereocenters. The molecule has 3 fully saturated rings. The van der Waals surface area contributed by atoms with Crippen molar-refractivity contribution in [1.82, 2.24) is 0 Å². The lowest BCUT2D eigenvalue weighted by molar-refractivity contribution is -0.139. The molecule has 2 saturated heterocycles. The molecular formula is C27H28N2O6. The standard InChI is InChI=1S/C27H28N2O6/c1-16-13-18(11-12-21(16)29-25(31)19-7-3-4-8-20(19)26(29)32)35-27(33)17-14-24(30)28(15-17)22-9-5-6-10-23(22)34-2/h5-6,9-13,17,19-20H,3-4,7-8,14-15H2,1-2H3/t17-,19+,20+/m1/s1. The van der Waals surface area contributed by atoms with E-state index in [0.717, 1.165) is 25.7 Å². The van der Waals surface area contributed by atoms with Gasteiger partial charge in [-0.1, -0.05) is 25.0 Å². The Hall–Kier alpha value is -3.68. The number of imide groups is 1. The van der Waals surface area contributed by atoms with Crippen molar-refractivity contribution in [2.45, 2.75) is 39.0 Å². The zero-order valence-corrected chi connectivity index (χ0v) is 19.9. The number of rotatable bonds is 5. The number of amides is 3. The number of ether oxygens (including phenoxy) is 2. The molecule has 0 radical (unpaired) electrons. The number of aryl methyl sites for hydroxylation is 1. The summed E-state index contributed by atoms with van der Waals surface area (Å²) in [4.78, 5) is 54.2. The second-order valence-electron chi connectivity index (χ2n) is 9.46. The molecule has 0 aromatic heterocycles. The monoisotopic (exact) mass is 476 g/mol. The number of anilines is 2. The van der Waals surface area contributed by atoms with E-state index in [4.69, 9.17) is 9.47 Å². The Morgan fingerprint density at radius 3 is 2.29 bits per heavy atom. The third kappa shape index (κ3) is 4.07. The van der Waals surface area contributed by atoms with Crippen molar-refractivity contribution in [3.8, 4) is 11.5 Å². The van der Waals surface area contributed by atoms with E-state index in [0.29, 0.717) is 28.4 Å². The number of benzene rings is 2. The van der Waals surface area contributed by atoms with Crippen LogP contribution in [0.3, 0.4) is 0 Å². The highest BCUT2D eigenvalue weighted by molar-refractivity contribution is 6.22. The first-order chi connectivity index (χ1) is 16.9. The lowest BCUT2D eigenvalue weighted by atomic mass is 9.81. The van der Waals surface area contributed by atoms with Crippen LogP contribution in [0, 0.1) is 24.7 Å². The SMILES string of the molecule is COc1ccccc1N1C[C@H](C(=O)Oc2ccc(N3C(=O)[C@H]4CCCC[C@@H]4C3=O)c(C)c2)CC1=O. The van der Waals surface area contributed by atoms with Crippen molar-refractivity contribution in [2.75, 3.05) is 23.5 Å². The maximum atomic E-state index is 12.9. The summed E-state index contributed by atoms with van der Waals surface area (Å²) >= 11 is 0. The summed E-state index contributed by atoms with van der Waals surface area (Å²) in [6, 6.07) is 12.1. The highest BCUT2D eigenvalue weighted by atomic mass is 16.5. The van der Waals surface area contributed by atoms with Crippen LogP contribution in [0.4, 0.5) is 11.4 Å². The Bertz CT molecular complexity index is 1180. The fraction of sp³-hybridized carbons (Fsp3) is 0.407. The molecule has 35 heavy (non-hydrogen) atoms. The van der Waals surface area contributed by atoms with Crippen LogP contribution in [0.25, 0.3) is 0 Å². The number of esters is 1. The molecule has 1 saturated carbocycles. The van der Waals surface area contributed by atoms with E-state index in [1.165, 1.54) is 12.0 Å². The van der Waals surface area contributed by atoms with Crippen LogP contribution in [0.5, 0.6) is 11.5 Å². The first-order valence-corrected chi connectivity index (χ1v) is 12.0. The summed E-state index contributed by atoms with van der Waals surface area (Å²) in [5, 5.41) is 0. The number of hydrogen-bond donors (Lipinski definition) is 0. The van der Waals surface area contributed by atoms with Crippen LogP contribution in [0.1, 0.15) is 37.7 Å². The van der Waals surface area contributed by atoms with E-state index in [-0.39, 0.29) is 42.5 Å². The van der Waals surface area contributed by atoms with Gasteiger partial charge in [-0.25, -0.2) is 4.90 Å². The summed E-state index contributed by atoms with van der Waals surface area (Å²) in [5.41, 5.74) is 1.83. The van der Waals surface area contributed by atoms with Gasteiger partial charge in [0.1, 0.15) is 11.5 Å².